The molecule has 2 aromatic heterocycles. The number of hydrogen-bond acceptors (Lipinski definition) is 8. The zero-order valence-corrected chi connectivity index (χ0v) is 21.3. The minimum atomic E-state index is 0. The molecule has 0 N–H and O–H groups in total. The summed E-state index contributed by atoms with van der Waals surface area (Å²) in [5.74, 6) is 0. The van der Waals surface area contributed by atoms with Gasteiger partial charge in [0.1, 0.15) is 0 Å². The van der Waals surface area contributed by atoms with Crippen LogP contribution in [0.3, 0.4) is 0 Å². The van der Waals surface area contributed by atoms with Gasteiger partial charge < -0.3 is 47.9 Å². The van der Waals surface area contributed by atoms with Gasteiger partial charge in [-0.3, -0.25) is 0 Å². The Bertz CT molecular complexity index is 1010. The van der Waals surface area contributed by atoms with Crippen molar-refractivity contribution in [2.75, 3.05) is 0 Å². The van der Waals surface area contributed by atoms with Gasteiger partial charge in [0.15, 0.2) is 0 Å². The fourth-order valence-corrected chi connectivity index (χ4v) is 4.71. The second-order valence-electron chi connectivity index (χ2n) is 4.76. The molecule has 0 saturated heterocycles. The Balaban J connectivity index is 0.000000490. The molecule has 0 unspecified atom stereocenters. The Morgan fingerprint density at radius 2 is 0.966 bits per heavy atom. The standard InChI is InChI=1S/2C8H6N2S3.2CH4.Sn/c2*11-7-9-10(8(12)13-7)6-4-2-1-3-5-6;;;/h2*1-5H,(H,9,11);2*1H4;/q;;;;+2/p-2. The summed E-state index contributed by atoms with van der Waals surface area (Å²) in [7, 11) is 0. The molecule has 0 fully saturated rings. The molecule has 4 aromatic rings. The molecule has 0 atom stereocenters. The van der Waals surface area contributed by atoms with Crippen LogP contribution in [0.1, 0.15) is 14.9 Å². The predicted octanol–water partition coefficient (Wildman–Crippen LogP) is 6.03. The van der Waals surface area contributed by atoms with Crippen molar-refractivity contribution in [2.45, 2.75) is 23.5 Å². The third-order valence-corrected chi connectivity index (χ3v) is 5.78. The summed E-state index contributed by atoms with van der Waals surface area (Å²) in [6, 6.07) is 19.5. The van der Waals surface area contributed by atoms with Gasteiger partial charge in [0.05, 0.1) is 19.3 Å². The monoisotopic (exact) mass is 602 g/mol. The molecule has 2 heterocycles. The average Bonchev–Trinajstić information content (AvgIpc) is 3.17. The normalized spacial score (nSPS) is 9.10. The summed E-state index contributed by atoms with van der Waals surface area (Å²) in [4.78, 5) is 0. The molecular weight excluding hydrogens is 583 g/mol. The molecule has 0 saturated carbocycles. The van der Waals surface area contributed by atoms with Crippen LogP contribution in [-0.4, -0.2) is 43.5 Å². The number of benzene rings is 2. The van der Waals surface area contributed by atoms with E-state index in [1.165, 1.54) is 22.7 Å². The van der Waals surface area contributed by atoms with Gasteiger partial charge in [0, 0.05) is 0 Å². The molecule has 4 nitrogen and oxygen atoms in total. The molecule has 0 amide bonds. The molecule has 11 heteroatoms. The Hall–Kier alpha value is -0.761. The fourth-order valence-electron chi connectivity index (χ4n) is 1.99. The molecule has 0 aliphatic heterocycles. The van der Waals surface area contributed by atoms with Gasteiger partial charge in [-0.05, 0) is 32.9 Å². The van der Waals surface area contributed by atoms with E-state index in [0.717, 1.165) is 11.4 Å². The van der Waals surface area contributed by atoms with Crippen molar-refractivity contribution >= 4 is 96.3 Å². The van der Waals surface area contributed by atoms with E-state index in [4.69, 9.17) is 49.7 Å². The Labute approximate surface area is 217 Å². The van der Waals surface area contributed by atoms with E-state index in [2.05, 4.69) is 10.2 Å². The smallest absolute Gasteiger partial charge is 0.406 e. The molecule has 29 heavy (non-hydrogen) atoms. The number of aromatic nitrogens is 4. The molecule has 2 radical (unpaired) electrons. The van der Waals surface area contributed by atoms with Crippen LogP contribution >= 0.6 is 47.1 Å². The number of nitrogens with zero attached hydrogens (tertiary/aromatic N) is 4. The molecule has 4 rings (SSSR count). The molecule has 0 spiro atoms. The largest absolute Gasteiger partial charge is 2.00 e. The van der Waals surface area contributed by atoms with Crippen molar-refractivity contribution in [1.82, 2.24) is 19.6 Å². The van der Waals surface area contributed by atoms with Crippen molar-refractivity contribution in [2.24, 2.45) is 0 Å². The van der Waals surface area contributed by atoms with Gasteiger partial charge in [-0.25, -0.2) is 9.36 Å². The average molecular weight is 601 g/mol. The van der Waals surface area contributed by atoms with Gasteiger partial charge in [0.25, 0.3) is 0 Å². The maximum absolute atomic E-state index is 5.11. The third-order valence-electron chi connectivity index (χ3n) is 3.06. The van der Waals surface area contributed by atoms with Crippen molar-refractivity contribution in [3.05, 3.63) is 68.6 Å². The summed E-state index contributed by atoms with van der Waals surface area (Å²) in [6.45, 7) is 0. The van der Waals surface area contributed by atoms with Crippen LogP contribution in [0.15, 0.2) is 69.3 Å². The van der Waals surface area contributed by atoms with Gasteiger partial charge in [-0.15, -0.1) is 0 Å². The zero-order valence-electron chi connectivity index (χ0n) is 13.5. The second kappa shape index (κ2) is 13.5. The van der Waals surface area contributed by atoms with Crippen LogP contribution in [0.5, 0.6) is 0 Å². The summed E-state index contributed by atoms with van der Waals surface area (Å²) in [6.07, 6.45) is 0. The topological polar surface area (TPSA) is 35.6 Å². The van der Waals surface area contributed by atoms with E-state index in [0.29, 0.717) is 16.6 Å². The SMILES string of the molecule is C.C.S=c1sc([S-])nn1-c1ccccc1.S=c1sc([S-])nn1-c1ccccc1.[Sn+2]. The first-order valence-corrected chi connectivity index (χ1v) is 10.5. The predicted molar refractivity (Wildman–Crippen MR) is 135 cm³/mol. The van der Waals surface area contributed by atoms with Gasteiger partial charge in [-0.2, -0.15) is 10.2 Å². The summed E-state index contributed by atoms with van der Waals surface area (Å²) in [5, 5.41) is 8.25. The quantitative estimate of drug-likeness (QED) is 0.159. The molecular formula is C18H18N4S6Sn. The first kappa shape index (κ1) is 28.2. The van der Waals surface area contributed by atoms with E-state index in [9.17, 15) is 0 Å². The van der Waals surface area contributed by atoms with Crippen molar-refractivity contribution in [3.8, 4) is 11.4 Å². The van der Waals surface area contributed by atoms with Gasteiger partial charge in [-0.1, -0.05) is 75.7 Å². The van der Waals surface area contributed by atoms with E-state index >= 15 is 0 Å². The zero-order chi connectivity index (χ0) is 18.5. The molecule has 150 valence electrons. The van der Waals surface area contributed by atoms with Crippen LogP contribution in [-0.2, 0) is 25.3 Å². The van der Waals surface area contributed by atoms with E-state index < -0.39 is 0 Å². The first-order valence-electron chi connectivity index (χ1n) is 7.20. The minimum Gasteiger partial charge on any atom is -0.406 e. The van der Waals surface area contributed by atoms with Gasteiger partial charge in [0.2, 0.25) is 0 Å². The van der Waals surface area contributed by atoms with Crippen LogP contribution in [0.4, 0.5) is 0 Å². The first-order chi connectivity index (χ1) is 12.5. The van der Waals surface area contributed by atoms with Crippen molar-refractivity contribution in [3.63, 3.8) is 0 Å². The fraction of sp³-hybridized carbons (Fsp3) is 0.111. The summed E-state index contributed by atoms with van der Waals surface area (Å²) >= 11 is 22.8. The van der Waals surface area contributed by atoms with Crippen LogP contribution in [0.2, 0.25) is 0 Å². The Kier molecular flexibility index (Phi) is 13.2. The molecule has 2 aromatic carbocycles. The molecule has 0 aliphatic carbocycles. The molecule has 0 bridgehead atoms. The van der Waals surface area contributed by atoms with Gasteiger partial charge >= 0.3 is 23.9 Å². The second-order valence-corrected chi connectivity index (χ2v) is 9.30. The number of hydrogen-bond donors (Lipinski definition) is 0. The summed E-state index contributed by atoms with van der Waals surface area (Å²) in [5.41, 5.74) is 1.92. The maximum Gasteiger partial charge on any atom is 2.00 e. The van der Waals surface area contributed by atoms with E-state index in [-0.39, 0.29) is 38.8 Å². The molecule has 0 aliphatic rings. The van der Waals surface area contributed by atoms with Crippen LogP contribution in [0.25, 0.3) is 11.4 Å². The van der Waals surface area contributed by atoms with E-state index in [1.807, 2.05) is 60.7 Å². The van der Waals surface area contributed by atoms with Crippen LogP contribution in [0, 0.1) is 7.91 Å². The summed E-state index contributed by atoms with van der Waals surface area (Å²) < 4.78 is 5.90. The van der Waals surface area contributed by atoms with E-state index in [1.54, 1.807) is 9.36 Å². The number of para-hydroxylation sites is 2. The van der Waals surface area contributed by atoms with Crippen LogP contribution < -0.4 is 0 Å². The van der Waals surface area contributed by atoms with Crippen molar-refractivity contribution in [1.29, 1.82) is 0 Å². The maximum atomic E-state index is 5.11. The number of rotatable bonds is 2. The van der Waals surface area contributed by atoms with Crippen molar-refractivity contribution < 1.29 is 0 Å². The Morgan fingerprint density at radius 3 is 1.21 bits per heavy atom. The third kappa shape index (κ3) is 7.78. The Morgan fingerprint density at radius 1 is 0.655 bits per heavy atom. The minimum absolute atomic E-state index is 0.